The highest BCUT2D eigenvalue weighted by Gasteiger charge is 2.16. The van der Waals surface area contributed by atoms with E-state index in [-0.39, 0.29) is 11.9 Å². The van der Waals surface area contributed by atoms with Gasteiger partial charge in [0.2, 0.25) is 0 Å². The molecule has 0 saturated heterocycles. The Bertz CT molecular complexity index is 821. The topological polar surface area (TPSA) is 51.9 Å². The number of aromatic nitrogens is 3. The van der Waals surface area contributed by atoms with Crippen molar-refractivity contribution in [3.63, 3.8) is 0 Å². The van der Waals surface area contributed by atoms with Crippen molar-refractivity contribution in [3.05, 3.63) is 65.4 Å². The van der Waals surface area contributed by atoms with E-state index in [1.54, 1.807) is 12.5 Å². The Morgan fingerprint density at radius 2 is 2.09 bits per heavy atom. The molecule has 23 heavy (non-hydrogen) atoms. The second-order valence-corrected chi connectivity index (χ2v) is 6.40. The Morgan fingerprint density at radius 1 is 1.30 bits per heavy atom. The van der Waals surface area contributed by atoms with Crippen LogP contribution < -0.4 is 5.32 Å². The molecule has 0 bridgehead atoms. The number of carbonyl (C=O) groups excluding carboxylic acids is 1. The fraction of sp³-hybridized carbons (Fsp3) is 0.176. The summed E-state index contributed by atoms with van der Waals surface area (Å²) in [4.78, 5) is 16.8. The van der Waals surface area contributed by atoms with E-state index in [0.717, 1.165) is 15.8 Å². The van der Waals surface area contributed by atoms with Gasteiger partial charge in [-0.25, -0.2) is 4.98 Å². The van der Waals surface area contributed by atoms with Crippen LogP contribution in [0.1, 0.15) is 30.4 Å². The maximum absolute atomic E-state index is 12.7. The number of rotatable bonds is 4. The van der Waals surface area contributed by atoms with Crippen LogP contribution in [0.15, 0.2) is 59.7 Å². The van der Waals surface area contributed by atoms with E-state index >= 15 is 0 Å². The first kappa shape index (κ1) is 15.6. The molecule has 1 aromatic carbocycles. The van der Waals surface area contributed by atoms with E-state index < -0.39 is 0 Å². The first-order valence-electron chi connectivity index (χ1n) is 7.32. The molecular formula is C17H17BrN4O. The molecule has 0 saturated carbocycles. The van der Waals surface area contributed by atoms with Crippen molar-refractivity contribution in [2.45, 2.75) is 19.9 Å². The van der Waals surface area contributed by atoms with E-state index in [9.17, 15) is 4.79 Å². The molecule has 118 valence electrons. The largest absolute Gasteiger partial charge is 0.340 e. The summed E-state index contributed by atoms with van der Waals surface area (Å²) < 4.78 is 4.70. The Hall–Kier alpha value is -2.34. The molecule has 0 radical (unpaired) electrons. The number of nitrogens with zero attached hydrogens (tertiary/aromatic N) is 3. The van der Waals surface area contributed by atoms with Gasteiger partial charge in [-0.3, -0.25) is 4.79 Å². The predicted octanol–water partition coefficient (Wildman–Crippen LogP) is 4.27. The average Bonchev–Trinajstić information content (AvgIpc) is 3.17. The van der Waals surface area contributed by atoms with Gasteiger partial charge in [0, 0.05) is 29.1 Å². The third-order valence-corrected chi connectivity index (χ3v) is 3.97. The quantitative estimate of drug-likeness (QED) is 0.743. The Balaban J connectivity index is 1.93. The number of para-hydroxylation sites is 2. The van der Waals surface area contributed by atoms with Gasteiger partial charge in [0.1, 0.15) is 5.69 Å². The van der Waals surface area contributed by atoms with Gasteiger partial charge in [-0.2, -0.15) is 0 Å². The maximum Gasteiger partial charge on any atom is 0.272 e. The summed E-state index contributed by atoms with van der Waals surface area (Å²) in [7, 11) is 0. The fourth-order valence-electron chi connectivity index (χ4n) is 2.45. The summed E-state index contributed by atoms with van der Waals surface area (Å²) in [6.45, 7) is 4.09. The first-order valence-corrected chi connectivity index (χ1v) is 8.11. The van der Waals surface area contributed by atoms with Crippen molar-refractivity contribution in [2.24, 2.45) is 0 Å². The van der Waals surface area contributed by atoms with Gasteiger partial charge in [-0.15, -0.1) is 0 Å². The van der Waals surface area contributed by atoms with Crippen molar-refractivity contribution in [3.8, 4) is 5.69 Å². The van der Waals surface area contributed by atoms with Crippen LogP contribution in [0.5, 0.6) is 0 Å². The molecule has 5 nitrogen and oxygen atoms in total. The number of carbonyl (C=O) groups is 1. The van der Waals surface area contributed by atoms with Crippen molar-refractivity contribution in [1.29, 1.82) is 0 Å². The van der Waals surface area contributed by atoms with Crippen molar-refractivity contribution < 1.29 is 4.79 Å². The summed E-state index contributed by atoms with van der Waals surface area (Å²) in [5, 5.41) is 2.99. The van der Waals surface area contributed by atoms with Gasteiger partial charge in [0.15, 0.2) is 0 Å². The standard InChI is InChI=1S/C17H17BrN4O/c1-12(2)22-10-13(18)9-16(22)17(23)20-14-5-3-4-6-15(14)21-8-7-19-11-21/h3-12H,1-2H3,(H,20,23). The summed E-state index contributed by atoms with van der Waals surface area (Å²) in [5.74, 6) is -0.142. The summed E-state index contributed by atoms with van der Waals surface area (Å²) in [6, 6.07) is 9.67. The minimum Gasteiger partial charge on any atom is -0.340 e. The number of halogens is 1. The van der Waals surface area contributed by atoms with Crippen LogP contribution in [0.3, 0.4) is 0 Å². The molecule has 1 N–H and O–H groups in total. The molecule has 6 heteroatoms. The second-order valence-electron chi connectivity index (χ2n) is 5.49. The third kappa shape index (κ3) is 3.22. The monoisotopic (exact) mass is 372 g/mol. The lowest BCUT2D eigenvalue weighted by molar-refractivity contribution is 0.101. The Morgan fingerprint density at radius 3 is 2.78 bits per heavy atom. The molecule has 0 aliphatic carbocycles. The van der Waals surface area contributed by atoms with Crippen molar-refractivity contribution >= 4 is 27.5 Å². The highest BCUT2D eigenvalue weighted by Crippen LogP contribution is 2.23. The van der Waals surface area contributed by atoms with E-state index in [1.807, 2.05) is 65.7 Å². The first-order chi connectivity index (χ1) is 11.1. The van der Waals surface area contributed by atoms with Crippen LogP contribution in [0.25, 0.3) is 5.69 Å². The molecule has 1 amide bonds. The minimum atomic E-state index is -0.142. The highest BCUT2D eigenvalue weighted by atomic mass is 79.9. The van der Waals surface area contributed by atoms with Gasteiger partial charge in [-0.05, 0) is 48.0 Å². The normalized spacial score (nSPS) is 11.0. The Kier molecular flexibility index (Phi) is 4.34. The smallest absolute Gasteiger partial charge is 0.272 e. The molecule has 3 aromatic rings. The molecule has 3 rings (SSSR count). The number of benzene rings is 1. The van der Waals surface area contributed by atoms with Crippen molar-refractivity contribution in [2.75, 3.05) is 5.32 Å². The van der Waals surface area contributed by atoms with Crippen LogP contribution in [0, 0.1) is 0 Å². The second kappa shape index (κ2) is 6.42. The van der Waals surface area contributed by atoms with Crippen LogP contribution in [0.2, 0.25) is 0 Å². The number of imidazole rings is 1. The lowest BCUT2D eigenvalue weighted by Crippen LogP contribution is -2.18. The molecule has 0 unspecified atom stereocenters. The summed E-state index contributed by atoms with van der Waals surface area (Å²) in [5.41, 5.74) is 2.23. The zero-order chi connectivity index (χ0) is 16.4. The van der Waals surface area contributed by atoms with Crippen LogP contribution in [0.4, 0.5) is 5.69 Å². The fourth-order valence-corrected chi connectivity index (χ4v) is 2.88. The van der Waals surface area contributed by atoms with Gasteiger partial charge in [0.05, 0.1) is 17.7 Å². The molecule has 0 atom stereocenters. The van der Waals surface area contributed by atoms with Gasteiger partial charge >= 0.3 is 0 Å². The molecule has 2 aromatic heterocycles. The summed E-state index contributed by atoms with van der Waals surface area (Å²) >= 11 is 3.44. The number of hydrogen-bond acceptors (Lipinski definition) is 2. The molecule has 0 aliphatic rings. The SMILES string of the molecule is CC(C)n1cc(Br)cc1C(=O)Nc1ccccc1-n1ccnc1. The lowest BCUT2D eigenvalue weighted by atomic mass is 10.2. The number of hydrogen-bond donors (Lipinski definition) is 1. The maximum atomic E-state index is 12.7. The van der Waals surface area contributed by atoms with Crippen LogP contribution in [-0.4, -0.2) is 20.0 Å². The minimum absolute atomic E-state index is 0.142. The van der Waals surface area contributed by atoms with Gasteiger partial charge < -0.3 is 14.5 Å². The zero-order valence-electron chi connectivity index (χ0n) is 12.9. The summed E-state index contributed by atoms with van der Waals surface area (Å²) in [6.07, 6.45) is 7.18. The molecule has 0 spiro atoms. The van der Waals surface area contributed by atoms with Crippen molar-refractivity contribution in [1.82, 2.24) is 14.1 Å². The predicted molar refractivity (Wildman–Crippen MR) is 94.0 cm³/mol. The number of amides is 1. The van der Waals surface area contributed by atoms with Crippen LogP contribution in [-0.2, 0) is 0 Å². The lowest BCUT2D eigenvalue weighted by Gasteiger charge is -2.14. The molecule has 0 aliphatic heterocycles. The van der Waals surface area contributed by atoms with E-state index in [0.29, 0.717) is 5.69 Å². The van der Waals surface area contributed by atoms with E-state index in [2.05, 4.69) is 26.2 Å². The van der Waals surface area contributed by atoms with Gasteiger partial charge in [0.25, 0.3) is 5.91 Å². The molecular weight excluding hydrogens is 356 g/mol. The number of nitrogens with one attached hydrogen (secondary N) is 1. The molecule has 2 heterocycles. The van der Waals surface area contributed by atoms with Crippen LogP contribution >= 0.6 is 15.9 Å². The van der Waals surface area contributed by atoms with E-state index in [1.165, 1.54) is 0 Å². The Labute approximate surface area is 143 Å². The average molecular weight is 373 g/mol. The molecule has 0 fully saturated rings. The zero-order valence-corrected chi connectivity index (χ0v) is 14.5. The number of anilines is 1. The van der Waals surface area contributed by atoms with Gasteiger partial charge in [-0.1, -0.05) is 12.1 Å². The van der Waals surface area contributed by atoms with E-state index in [4.69, 9.17) is 0 Å². The third-order valence-electron chi connectivity index (χ3n) is 3.54. The highest BCUT2D eigenvalue weighted by molar-refractivity contribution is 9.10.